The molecule has 0 bridgehead atoms. The van der Waals surface area contributed by atoms with Crippen molar-refractivity contribution in [3.8, 4) is 5.69 Å². The number of carbonyl (C=O) groups is 1. The molecule has 2 N–H and O–H groups in total. The molecule has 1 amide bonds. The highest BCUT2D eigenvalue weighted by Crippen LogP contribution is 2.27. The molecule has 1 aromatic carbocycles. The molecule has 140 valence electrons. The normalized spacial score (nSPS) is 17.4. The minimum Gasteiger partial charge on any atom is -0.352 e. The van der Waals surface area contributed by atoms with Crippen molar-refractivity contribution in [1.82, 2.24) is 20.4 Å². The van der Waals surface area contributed by atoms with Crippen molar-refractivity contribution >= 4 is 5.91 Å². The van der Waals surface area contributed by atoms with E-state index in [2.05, 4.69) is 15.7 Å². The van der Waals surface area contributed by atoms with Gasteiger partial charge in [0, 0.05) is 19.2 Å². The summed E-state index contributed by atoms with van der Waals surface area (Å²) in [6.07, 6.45) is -0.656. The van der Waals surface area contributed by atoms with E-state index in [0.717, 1.165) is 37.6 Å². The van der Waals surface area contributed by atoms with Crippen LogP contribution in [0.1, 0.15) is 30.5 Å². The number of carbonyl (C=O) groups excluding carboxylic acids is 1. The quantitative estimate of drug-likeness (QED) is 0.827. The summed E-state index contributed by atoms with van der Waals surface area (Å²) in [5.41, 5.74) is 0.489. The van der Waals surface area contributed by atoms with E-state index < -0.39 is 11.9 Å². The second-order valence-electron chi connectivity index (χ2n) is 6.48. The zero-order valence-electron chi connectivity index (χ0n) is 14.2. The number of rotatable bonds is 6. The number of hydrogen-bond donors (Lipinski definition) is 2. The number of halogens is 3. The topological polar surface area (TPSA) is 59.0 Å². The van der Waals surface area contributed by atoms with Crippen molar-refractivity contribution in [3.63, 3.8) is 0 Å². The third kappa shape index (κ3) is 4.85. The maximum atomic E-state index is 12.6. The van der Waals surface area contributed by atoms with Crippen LogP contribution in [0, 0.1) is 5.92 Å². The van der Waals surface area contributed by atoms with Crippen LogP contribution in [0.4, 0.5) is 13.2 Å². The first-order valence-electron chi connectivity index (χ1n) is 8.61. The summed E-state index contributed by atoms with van der Waals surface area (Å²) in [6, 6.07) is 7.84. The van der Waals surface area contributed by atoms with Crippen molar-refractivity contribution in [2.45, 2.75) is 32.0 Å². The molecule has 1 aliphatic rings. The molecule has 1 aromatic heterocycles. The standard InChI is InChI=1S/C18H21F3N4O/c19-18(20,21)16-8-10-25(24-16)15-4-1-13(2-5-15)12-23-17(26)6-3-14-7-9-22-11-14/h1-2,4-5,8,10,14,22H,3,6-7,9,11-12H2,(H,23,26). The summed E-state index contributed by atoms with van der Waals surface area (Å²) < 4.78 is 39.0. The van der Waals surface area contributed by atoms with Crippen LogP contribution in [0.5, 0.6) is 0 Å². The van der Waals surface area contributed by atoms with E-state index in [0.29, 0.717) is 24.6 Å². The summed E-state index contributed by atoms with van der Waals surface area (Å²) in [7, 11) is 0. The Hall–Kier alpha value is -2.35. The first kappa shape index (κ1) is 18.4. The predicted molar refractivity (Wildman–Crippen MR) is 90.6 cm³/mol. The highest BCUT2D eigenvalue weighted by molar-refractivity contribution is 5.75. The van der Waals surface area contributed by atoms with Crippen LogP contribution in [0.2, 0.25) is 0 Å². The number of hydrogen-bond acceptors (Lipinski definition) is 3. The molecule has 1 unspecified atom stereocenters. The van der Waals surface area contributed by atoms with Gasteiger partial charge < -0.3 is 10.6 Å². The number of nitrogens with one attached hydrogen (secondary N) is 2. The lowest BCUT2D eigenvalue weighted by atomic mass is 10.0. The Balaban J connectivity index is 1.49. The summed E-state index contributed by atoms with van der Waals surface area (Å²) in [5.74, 6) is 0.596. The van der Waals surface area contributed by atoms with E-state index in [9.17, 15) is 18.0 Å². The highest BCUT2D eigenvalue weighted by Gasteiger charge is 2.33. The molecule has 1 fully saturated rings. The third-order valence-electron chi connectivity index (χ3n) is 4.51. The maximum absolute atomic E-state index is 12.6. The third-order valence-corrected chi connectivity index (χ3v) is 4.51. The molecule has 2 aromatic rings. The van der Waals surface area contributed by atoms with Gasteiger partial charge in [-0.3, -0.25) is 4.79 Å². The van der Waals surface area contributed by atoms with Gasteiger partial charge in [-0.1, -0.05) is 12.1 Å². The van der Waals surface area contributed by atoms with Crippen LogP contribution in [0.15, 0.2) is 36.5 Å². The van der Waals surface area contributed by atoms with Gasteiger partial charge in [-0.05, 0) is 55.6 Å². The van der Waals surface area contributed by atoms with Gasteiger partial charge in [-0.2, -0.15) is 18.3 Å². The van der Waals surface area contributed by atoms with Gasteiger partial charge in [0.2, 0.25) is 5.91 Å². The van der Waals surface area contributed by atoms with Gasteiger partial charge >= 0.3 is 6.18 Å². The van der Waals surface area contributed by atoms with E-state index in [4.69, 9.17) is 0 Å². The van der Waals surface area contributed by atoms with E-state index >= 15 is 0 Å². The van der Waals surface area contributed by atoms with Crippen molar-refractivity contribution in [3.05, 3.63) is 47.8 Å². The lowest BCUT2D eigenvalue weighted by molar-refractivity contribution is -0.141. The van der Waals surface area contributed by atoms with Crippen LogP contribution in [0.3, 0.4) is 0 Å². The Bertz CT molecular complexity index is 734. The molecule has 1 atom stereocenters. The molecule has 5 nitrogen and oxygen atoms in total. The van der Waals surface area contributed by atoms with E-state index in [1.807, 2.05) is 0 Å². The van der Waals surface area contributed by atoms with Crippen LogP contribution in [0.25, 0.3) is 5.69 Å². The Morgan fingerprint density at radius 3 is 2.65 bits per heavy atom. The van der Waals surface area contributed by atoms with E-state index in [-0.39, 0.29) is 5.91 Å². The van der Waals surface area contributed by atoms with Gasteiger partial charge in [-0.25, -0.2) is 4.68 Å². The molecule has 8 heteroatoms. The molecule has 0 aliphatic carbocycles. The monoisotopic (exact) mass is 366 g/mol. The summed E-state index contributed by atoms with van der Waals surface area (Å²) >= 11 is 0. The number of alkyl halides is 3. The second-order valence-corrected chi connectivity index (χ2v) is 6.48. The summed E-state index contributed by atoms with van der Waals surface area (Å²) in [4.78, 5) is 11.9. The average molecular weight is 366 g/mol. The number of amides is 1. The van der Waals surface area contributed by atoms with Gasteiger partial charge in [0.25, 0.3) is 0 Å². The molecule has 26 heavy (non-hydrogen) atoms. The van der Waals surface area contributed by atoms with Gasteiger partial charge in [0.1, 0.15) is 0 Å². The molecule has 1 aliphatic heterocycles. The van der Waals surface area contributed by atoms with Crippen LogP contribution in [-0.2, 0) is 17.5 Å². The van der Waals surface area contributed by atoms with Crippen molar-refractivity contribution < 1.29 is 18.0 Å². The Kier molecular flexibility index (Phi) is 5.61. The Morgan fingerprint density at radius 2 is 2.04 bits per heavy atom. The smallest absolute Gasteiger partial charge is 0.352 e. The molecule has 0 spiro atoms. The van der Waals surface area contributed by atoms with Crippen LogP contribution in [-0.4, -0.2) is 28.8 Å². The molecule has 1 saturated heterocycles. The minimum atomic E-state index is -4.45. The highest BCUT2D eigenvalue weighted by atomic mass is 19.4. The predicted octanol–water partition coefficient (Wildman–Crippen LogP) is 2.90. The van der Waals surface area contributed by atoms with E-state index in [1.54, 1.807) is 24.3 Å². The van der Waals surface area contributed by atoms with Gasteiger partial charge in [-0.15, -0.1) is 0 Å². The summed E-state index contributed by atoms with van der Waals surface area (Å²) in [6.45, 7) is 2.41. The van der Waals surface area contributed by atoms with Gasteiger partial charge in [0.15, 0.2) is 5.69 Å². The fourth-order valence-corrected chi connectivity index (χ4v) is 2.97. The zero-order chi connectivity index (χ0) is 18.6. The first-order valence-corrected chi connectivity index (χ1v) is 8.61. The lowest BCUT2D eigenvalue weighted by Crippen LogP contribution is -2.23. The van der Waals surface area contributed by atoms with Crippen molar-refractivity contribution in [2.75, 3.05) is 13.1 Å². The maximum Gasteiger partial charge on any atom is 0.435 e. The summed E-state index contributed by atoms with van der Waals surface area (Å²) in [5, 5.41) is 9.69. The lowest BCUT2D eigenvalue weighted by Gasteiger charge is -2.09. The SMILES string of the molecule is O=C(CCC1CCNC1)NCc1ccc(-n2ccc(C(F)(F)F)n2)cc1. The molecule has 0 radical (unpaired) electrons. The van der Waals surface area contributed by atoms with Crippen LogP contribution < -0.4 is 10.6 Å². The Morgan fingerprint density at radius 1 is 1.27 bits per heavy atom. The van der Waals surface area contributed by atoms with Crippen molar-refractivity contribution in [1.29, 1.82) is 0 Å². The first-order chi connectivity index (χ1) is 12.4. The van der Waals surface area contributed by atoms with Gasteiger partial charge in [0.05, 0.1) is 5.69 Å². The molecule has 3 rings (SSSR count). The Labute approximate surface area is 149 Å². The van der Waals surface area contributed by atoms with Crippen molar-refractivity contribution in [2.24, 2.45) is 5.92 Å². The largest absolute Gasteiger partial charge is 0.435 e. The van der Waals surface area contributed by atoms with E-state index in [1.165, 1.54) is 10.9 Å². The number of benzene rings is 1. The average Bonchev–Trinajstić information content (AvgIpc) is 3.29. The second kappa shape index (κ2) is 7.90. The van der Waals surface area contributed by atoms with Crippen LogP contribution >= 0.6 is 0 Å². The number of nitrogens with zero attached hydrogens (tertiary/aromatic N) is 2. The molecule has 2 heterocycles. The number of aromatic nitrogens is 2. The molecule has 0 saturated carbocycles. The molecular weight excluding hydrogens is 345 g/mol. The molecular formula is C18H21F3N4O. The fourth-order valence-electron chi connectivity index (χ4n) is 2.97. The minimum absolute atomic E-state index is 0.0165. The zero-order valence-corrected chi connectivity index (χ0v) is 14.2. The fraction of sp³-hybridized carbons (Fsp3) is 0.444.